The minimum atomic E-state index is -1.08. The number of allylic oxidation sites excluding steroid dienone is 1. The first kappa shape index (κ1) is 19.1. The van der Waals surface area contributed by atoms with Gasteiger partial charge in [0.1, 0.15) is 5.01 Å². The lowest BCUT2D eigenvalue weighted by atomic mass is 9.73. The molecule has 29 heavy (non-hydrogen) atoms. The van der Waals surface area contributed by atoms with Crippen LogP contribution in [-0.4, -0.2) is 22.5 Å². The lowest BCUT2D eigenvalue weighted by Gasteiger charge is -2.32. The highest BCUT2D eigenvalue weighted by Crippen LogP contribution is 2.44. The minimum absolute atomic E-state index is 0.0125. The molecule has 0 bridgehead atoms. The molecule has 0 aliphatic heterocycles. The second-order valence-electron chi connectivity index (χ2n) is 7.60. The maximum atomic E-state index is 11.6. The van der Waals surface area contributed by atoms with Crippen molar-refractivity contribution in [2.75, 3.05) is 5.32 Å². The van der Waals surface area contributed by atoms with E-state index in [1.54, 1.807) is 23.6 Å². The maximum Gasteiger partial charge on any atom is 0.337 e. The van der Waals surface area contributed by atoms with Crippen molar-refractivity contribution in [2.24, 2.45) is 0 Å². The third-order valence-corrected chi connectivity index (χ3v) is 6.13. The number of amides is 1. The van der Waals surface area contributed by atoms with Crippen LogP contribution in [0.2, 0.25) is 0 Å². The standard InChI is InChI=1S/C23H20N2O3S/c1-23(2)9-8-16(21-24-10-11-29-21)18-12-14(6-7-19(18)23)15-4-3-5-17(22(27)28)20(15)25-13-26/h3-8,10-13H,9H2,1-2H3,(H,25,26)(H,27,28). The Balaban J connectivity index is 1.93. The molecule has 2 N–H and O–H groups in total. The number of carboxylic acids is 1. The van der Waals surface area contributed by atoms with Crippen LogP contribution >= 0.6 is 11.3 Å². The van der Waals surface area contributed by atoms with Gasteiger partial charge in [-0.25, -0.2) is 9.78 Å². The van der Waals surface area contributed by atoms with Crippen LogP contribution in [0.5, 0.6) is 0 Å². The lowest BCUT2D eigenvalue weighted by molar-refractivity contribution is -0.105. The summed E-state index contributed by atoms with van der Waals surface area (Å²) in [5.41, 5.74) is 5.27. The number of hydrogen-bond donors (Lipinski definition) is 2. The topological polar surface area (TPSA) is 79.3 Å². The quantitative estimate of drug-likeness (QED) is 0.574. The number of carbonyl (C=O) groups is 2. The molecular formula is C23H20N2O3S. The molecule has 4 rings (SSSR count). The number of aromatic carboxylic acids is 1. The van der Waals surface area contributed by atoms with E-state index in [1.807, 2.05) is 17.5 Å². The predicted octanol–water partition coefficient (Wildman–Crippen LogP) is 5.19. The number of fused-ring (bicyclic) bond motifs is 1. The van der Waals surface area contributed by atoms with Crippen LogP contribution in [0.3, 0.4) is 0 Å². The van der Waals surface area contributed by atoms with Gasteiger partial charge in [-0.3, -0.25) is 4.79 Å². The van der Waals surface area contributed by atoms with E-state index in [0.29, 0.717) is 17.7 Å². The van der Waals surface area contributed by atoms with Gasteiger partial charge in [0.05, 0.1) is 11.3 Å². The summed E-state index contributed by atoms with van der Waals surface area (Å²) < 4.78 is 0. The predicted molar refractivity (Wildman–Crippen MR) is 115 cm³/mol. The molecule has 6 heteroatoms. The van der Waals surface area contributed by atoms with Crippen molar-refractivity contribution in [3.05, 3.63) is 75.7 Å². The summed E-state index contributed by atoms with van der Waals surface area (Å²) in [6.07, 6.45) is 5.45. The van der Waals surface area contributed by atoms with Crippen molar-refractivity contribution < 1.29 is 14.7 Å². The largest absolute Gasteiger partial charge is 0.478 e. The fraction of sp³-hybridized carbons (Fsp3) is 0.174. The number of benzene rings is 2. The highest BCUT2D eigenvalue weighted by molar-refractivity contribution is 7.10. The SMILES string of the molecule is CC1(C)CC=C(c2nccs2)c2cc(-c3cccc(C(=O)O)c3NC=O)ccc21. The van der Waals surface area contributed by atoms with Crippen molar-refractivity contribution in [3.63, 3.8) is 0 Å². The number of aromatic nitrogens is 1. The first-order valence-corrected chi connectivity index (χ1v) is 10.1. The van der Waals surface area contributed by atoms with E-state index in [9.17, 15) is 14.7 Å². The van der Waals surface area contributed by atoms with Gasteiger partial charge in [0.15, 0.2) is 0 Å². The van der Waals surface area contributed by atoms with Crippen LogP contribution < -0.4 is 5.32 Å². The van der Waals surface area contributed by atoms with Crippen LogP contribution in [0.1, 0.15) is 46.8 Å². The van der Waals surface area contributed by atoms with Gasteiger partial charge < -0.3 is 10.4 Å². The zero-order valence-corrected chi connectivity index (χ0v) is 16.9. The number of nitrogens with one attached hydrogen (secondary N) is 1. The van der Waals surface area contributed by atoms with E-state index in [2.05, 4.69) is 42.4 Å². The van der Waals surface area contributed by atoms with Gasteiger partial charge in [0.2, 0.25) is 6.41 Å². The van der Waals surface area contributed by atoms with Gasteiger partial charge in [-0.2, -0.15) is 0 Å². The Morgan fingerprint density at radius 1 is 1.24 bits per heavy atom. The molecular weight excluding hydrogens is 384 g/mol. The van der Waals surface area contributed by atoms with Gasteiger partial charge in [0, 0.05) is 22.7 Å². The summed E-state index contributed by atoms with van der Waals surface area (Å²) in [6.45, 7) is 4.43. The molecule has 1 aliphatic rings. The number of para-hydroxylation sites is 1. The summed E-state index contributed by atoms with van der Waals surface area (Å²) >= 11 is 1.60. The van der Waals surface area contributed by atoms with E-state index < -0.39 is 5.97 Å². The van der Waals surface area contributed by atoms with Crippen LogP contribution in [0, 0.1) is 0 Å². The normalized spacial score (nSPS) is 14.6. The maximum absolute atomic E-state index is 11.6. The van der Waals surface area contributed by atoms with E-state index in [-0.39, 0.29) is 11.0 Å². The molecule has 1 amide bonds. The van der Waals surface area contributed by atoms with Crippen LogP contribution in [0.15, 0.2) is 54.1 Å². The number of rotatable bonds is 5. The molecule has 1 aromatic heterocycles. The average molecular weight is 404 g/mol. The molecule has 0 atom stereocenters. The Kier molecular flexibility index (Phi) is 4.80. The second-order valence-corrected chi connectivity index (χ2v) is 8.49. The number of carboxylic acid groups (broad SMARTS) is 1. The molecule has 0 spiro atoms. The summed E-state index contributed by atoms with van der Waals surface area (Å²) in [5, 5.41) is 15.0. The summed E-state index contributed by atoms with van der Waals surface area (Å²) in [7, 11) is 0. The fourth-order valence-corrected chi connectivity index (χ4v) is 4.54. The minimum Gasteiger partial charge on any atom is -0.478 e. The third-order valence-electron chi connectivity index (χ3n) is 5.33. The molecule has 0 radical (unpaired) electrons. The van der Waals surface area contributed by atoms with Gasteiger partial charge in [-0.1, -0.05) is 44.2 Å². The molecule has 3 aromatic rings. The van der Waals surface area contributed by atoms with Crippen LogP contribution in [0.25, 0.3) is 16.7 Å². The average Bonchev–Trinajstić information content (AvgIpc) is 3.22. The molecule has 0 fully saturated rings. The van der Waals surface area contributed by atoms with E-state index >= 15 is 0 Å². The molecule has 5 nitrogen and oxygen atoms in total. The molecule has 0 saturated carbocycles. The Bertz CT molecular complexity index is 1130. The van der Waals surface area contributed by atoms with Gasteiger partial charge in [-0.15, -0.1) is 11.3 Å². The first-order valence-electron chi connectivity index (χ1n) is 9.24. The van der Waals surface area contributed by atoms with E-state index in [1.165, 1.54) is 11.6 Å². The molecule has 0 saturated heterocycles. The molecule has 146 valence electrons. The number of nitrogens with zero attached hydrogens (tertiary/aromatic N) is 1. The summed E-state index contributed by atoms with van der Waals surface area (Å²) in [6, 6.07) is 11.2. The van der Waals surface area contributed by atoms with Crippen molar-refractivity contribution >= 4 is 35.0 Å². The van der Waals surface area contributed by atoms with Crippen molar-refractivity contribution in [1.29, 1.82) is 0 Å². The van der Waals surface area contributed by atoms with Gasteiger partial charge >= 0.3 is 5.97 Å². The van der Waals surface area contributed by atoms with E-state index in [4.69, 9.17) is 0 Å². The Morgan fingerprint density at radius 3 is 2.76 bits per heavy atom. The Hall–Kier alpha value is -3.25. The van der Waals surface area contributed by atoms with Crippen LogP contribution in [0.4, 0.5) is 5.69 Å². The number of anilines is 1. The number of thiazole rings is 1. The summed E-state index contributed by atoms with van der Waals surface area (Å²) in [4.78, 5) is 27.3. The second kappa shape index (κ2) is 7.29. The van der Waals surface area contributed by atoms with Gasteiger partial charge in [0.25, 0.3) is 0 Å². The summed E-state index contributed by atoms with van der Waals surface area (Å²) in [5.74, 6) is -1.08. The van der Waals surface area contributed by atoms with Crippen molar-refractivity contribution in [2.45, 2.75) is 25.7 Å². The Morgan fingerprint density at radius 2 is 2.07 bits per heavy atom. The Labute approximate surface area is 172 Å². The lowest BCUT2D eigenvalue weighted by Crippen LogP contribution is -2.21. The molecule has 0 unspecified atom stereocenters. The number of carbonyl (C=O) groups excluding carboxylic acids is 1. The first-order chi connectivity index (χ1) is 13.9. The van der Waals surface area contributed by atoms with Crippen molar-refractivity contribution in [1.82, 2.24) is 4.98 Å². The van der Waals surface area contributed by atoms with Crippen molar-refractivity contribution in [3.8, 4) is 11.1 Å². The molecule has 1 aliphatic carbocycles. The number of hydrogen-bond acceptors (Lipinski definition) is 4. The van der Waals surface area contributed by atoms with E-state index in [0.717, 1.165) is 28.1 Å². The zero-order chi connectivity index (χ0) is 20.6. The smallest absolute Gasteiger partial charge is 0.337 e. The molecule has 2 aromatic carbocycles. The highest BCUT2D eigenvalue weighted by Gasteiger charge is 2.30. The third kappa shape index (κ3) is 3.36. The fourth-order valence-electron chi connectivity index (χ4n) is 3.85. The molecule has 1 heterocycles. The highest BCUT2D eigenvalue weighted by atomic mass is 32.1. The van der Waals surface area contributed by atoms with Gasteiger partial charge in [-0.05, 0) is 40.7 Å². The monoisotopic (exact) mass is 404 g/mol. The van der Waals surface area contributed by atoms with Crippen LogP contribution in [-0.2, 0) is 10.2 Å². The zero-order valence-electron chi connectivity index (χ0n) is 16.1.